The Hall–Kier alpha value is -0.670. The van der Waals surface area contributed by atoms with Crippen molar-refractivity contribution in [3.63, 3.8) is 0 Å². The van der Waals surface area contributed by atoms with E-state index in [1.54, 1.807) is 0 Å². The van der Waals surface area contributed by atoms with Crippen molar-refractivity contribution < 1.29 is 4.79 Å². The molecule has 1 aromatic carbocycles. The largest absolute Gasteiger partial charge is 0.353 e. The van der Waals surface area contributed by atoms with Crippen LogP contribution in [0, 0.1) is 0 Å². The second-order valence-corrected chi connectivity index (χ2v) is 6.05. The first kappa shape index (κ1) is 13.8. The van der Waals surface area contributed by atoms with E-state index in [1.807, 2.05) is 24.3 Å². The predicted octanol–water partition coefficient (Wildman–Crippen LogP) is 3.88. The van der Waals surface area contributed by atoms with Crippen molar-refractivity contribution in [2.24, 2.45) is 0 Å². The Balaban J connectivity index is 1.76. The van der Waals surface area contributed by atoms with Crippen LogP contribution in [-0.2, 0) is 4.79 Å². The molecule has 0 unspecified atom stereocenters. The SMILES string of the molecule is O=C(CSc1ccccc1Cl)NC1CCCCC1. The molecule has 1 fully saturated rings. The number of hydrogen-bond acceptors (Lipinski definition) is 2. The van der Waals surface area contributed by atoms with Gasteiger partial charge in [-0.2, -0.15) is 0 Å². The standard InChI is InChI=1S/C14H18ClNOS/c15-12-8-4-5-9-13(12)18-10-14(17)16-11-6-2-1-3-7-11/h4-5,8-9,11H,1-3,6-7,10H2,(H,16,17). The molecule has 1 N–H and O–H groups in total. The second-order valence-electron chi connectivity index (χ2n) is 4.62. The fourth-order valence-electron chi connectivity index (χ4n) is 2.22. The lowest BCUT2D eigenvalue weighted by Crippen LogP contribution is -2.37. The van der Waals surface area contributed by atoms with Crippen LogP contribution < -0.4 is 5.32 Å². The van der Waals surface area contributed by atoms with Crippen LogP contribution in [0.4, 0.5) is 0 Å². The summed E-state index contributed by atoms with van der Waals surface area (Å²) in [7, 11) is 0. The molecule has 2 nitrogen and oxygen atoms in total. The Morgan fingerprint density at radius 3 is 2.72 bits per heavy atom. The van der Waals surface area contributed by atoms with Crippen LogP contribution in [0.25, 0.3) is 0 Å². The van der Waals surface area contributed by atoms with Crippen LogP contribution in [0.3, 0.4) is 0 Å². The molecule has 4 heteroatoms. The van der Waals surface area contributed by atoms with Crippen molar-refractivity contribution >= 4 is 29.3 Å². The number of rotatable bonds is 4. The molecule has 1 amide bonds. The molecule has 18 heavy (non-hydrogen) atoms. The molecule has 0 aromatic heterocycles. The van der Waals surface area contributed by atoms with E-state index in [4.69, 9.17) is 11.6 Å². The van der Waals surface area contributed by atoms with Gasteiger partial charge in [-0.05, 0) is 25.0 Å². The van der Waals surface area contributed by atoms with Crippen molar-refractivity contribution in [1.29, 1.82) is 0 Å². The Kier molecular flexibility index (Phi) is 5.39. The van der Waals surface area contributed by atoms with E-state index >= 15 is 0 Å². The van der Waals surface area contributed by atoms with Crippen LogP contribution in [0.1, 0.15) is 32.1 Å². The number of amides is 1. The lowest BCUT2D eigenvalue weighted by molar-refractivity contribution is -0.119. The maximum absolute atomic E-state index is 11.8. The summed E-state index contributed by atoms with van der Waals surface area (Å²) in [6, 6.07) is 8.02. The highest BCUT2D eigenvalue weighted by Gasteiger charge is 2.15. The van der Waals surface area contributed by atoms with Crippen molar-refractivity contribution in [3.05, 3.63) is 29.3 Å². The molecule has 0 saturated heterocycles. The molecule has 98 valence electrons. The van der Waals surface area contributed by atoms with Crippen LogP contribution in [0.2, 0.25) is 5.02 Å². The summed E-state index contributed by atoms with van der Waals surface area (Å²) in [5.74, 6) is 0.562. The van der Waals surface area contributed by atoms with Gasteiger partial charge in [-0.25, -0.2) is 0 Å². The van der Waals surface area contributed by atoms with Crippen molar-refractivity contribution in [2.45, 2.75) is 43.0 Å². The van der Waals surface area contributed by atoms with Gasteiger partial charge < -0.3 is 5.32 Å². The minimum atomic E-state index is 0.117. The molecule has 0 bridgehead atoms. The van der Waals surface area contributed by atoms with Gasteiger partial charge in [-0.3, -0.25) is 4.79 Å². The molecule has 0 heterocycles. The van der Waals surface area contributed by atoms with Crippen molar-refractivity contribution in [3.8, 4) is 0 Å². The van der Waals surface area contributed by atoms with E-state index in [1.165, 1.54) is 31.0 Å². The summed E-state index contributed by atoms with van der Waals surface area (Å²) in [5, 5.41) is 3.82. The molecule has 0 aliphatic heterocycles. The molecular weight excluding hydrogens is 266 g/mol. The lowest BCUT2D eigenvalue weighted by atomic mass is 9.95. The predicted molar refractivity (Wildman–Crippen MR) is 77.2 cm³/mol. The van der Waals surface area contributed by atoms with E-state index in [-0.39, 0.29) is 5.91 Å². The number of halogens is 1. The fraction of sp³-hybridized carbons (Fsp3) is 0.500. The average Bonchev–Trinajstić information content (AvgIpc) is 2.39. The number of hydrogen-bond donors (Lipinski definition) is 1. The minimum Gasteiger partial charge on any atom is -0.353 e. The molecule has 0 spiro atoms. The zero-order valence-corrected chi connectivity index (χ0v) is 11.9. The lowest BCUT2D eigenvalue weighted by Gasteiger charge is -2.22. The van der Waals surface area contributed by atoms with Gasteiger partial charge in [0.15, 0.2) is 0 Å². The first-order chi connectivity index (χ1) is 8.75. The monoisotopic (exact) mass is 283 g/mol. The summed E-state index contributed by atoms with van der Waals surface area (Å²) in [4.78, 5) is 12.8. The summed E-state index contributed by atoms with van der Waals surface area (Å²) < 4.78 is 0. The third-order valence-corrected chi connectivity index (χ3v) is 4.68. The minimum absolute atomic E-state index is 0.117. The first-order valence-electron chi connectivity index (χ1n) is 6.42. The molecule has 2 rings (SSSR count). The summed E-state index contributed by atoms with van der Waals surface area (Å²) in [5.41, 5.74) is 0. The van der Waals surface area contributed by atoms with Gasteiger partial charge in [0.2, 0.25) is 5.91 Å². The second kappa shape index (κ2) is 7.05. The maximum atomic E-state index is 11.8. The highest BCUT2D eigenvalue weighted by molar-refractivity contribution is 8.00. The molecule has 1 aliphatic rings. The Morgan fingerprint density at radius 1 is 1.28 bits per heavy atom. The topological polar surface area (TPSA) is 29.1 Å². The van der Waals surface area contributed by atoms with Crippen LogP contribution in [-0.4, -0.2) is 17.7 Å². The first-order valence-corrected chi connectivity index (χ1v) is 7.79. The summed E-state index contributed by atoms with van der Waals surface area (Å²) in [6.45, 7) is 0. The van der Waals surface area contributed by atoms with Crippen molar-refractivity contribution in [2.75, 3.05) is 5.75 Å². The summed E-state index contributed by atoms with van der Waals surface area (Å²) >= 11 is 7.55. The van der Waals surface area contributed by atoms with Crippen molar-refractivity contribution in [1.82, 2.24) is 5.32 Å². The molecular formula is C14H18ClNOS. The molecule has 0 radical (unpaired) electrons. The third-order valence-electron chi connectivity index (χ3n) is 3.17. The van der Waals surface area contributed by atoms with Gasteiger partial charge in [-0.15, -0.1) is 11.8 Å². The quantitative estimate of drug-likeness (QED) is 0.850. The number of thioether (sulfide) groups is 1. The van der Waals surface area contributed by atoms with Gasteiger partial charge >= 0.3 is 0 Å². The molecule has 1 saturated carbocycles. The number of carbonyl (C=O) groups is 1. The smallest absolute Gasteiger partial charge is 0.230 e. The Bertz CT molecular complexity index is 405. The Morgan fingerprint density at radius 2 is 2.00 bits per heavy atom. The molecule has 1 aromatic rings. The van der Waals surface area contributed by atoms with Gasteiger partial charge in [-0.1, -0.05) is 43.0 Å². The average molecular weight is 284 g/mol. The highest BCUT2D eigenvalue weighted by atomic mass is 35.5. The van der Waals surface area contributed by atoms with Gasteiger partial charge in [0.1, 0.15) is 0 Å². The zero-order valence-electron chi connectivity index (χ0n) is 10.3. The van der Waals surface area contributed by atoms with E-state index in [0.29, 0.717) is 16.8 Å². The van der Waals surface area contributed by atoms with E-state index in [2.05, 4.69) is 5.32 Å². The van der Waals surface area contributed by atoms with Crippen LogP contribution in [0.5, 0.6) is 0 Å². The van der Waals surface area contributed by atoms with Crippen LogP contribution in [0.15, 0.2) is 29.2 Å². The van der Waals surface area contributed by atoms with E-state index in [9.17, 15) is 4.79 Å². The normalized spacial score (nSPS) is 16.5. The number of nitrogens with one attached hydrogen (secondary N) is 1. The molecule has 0 atom stereocenters. The number of benzene rings is 1. The van der Waals surface area contributed by atoms with Gasteiger partial charge in [0.05, 0.1) is 10.8 Å². The maximum Gasteiger partial charge on any atom is 0.230 e. The van der Waals surface area contributed by atoms with Gasteiger partial charge in [0, 0.05) is 10.9 Å². The molecule has 1 aliphatic carbocycles. The Labute approximate surface area is 117 Å². The fourth-order valence-corrected chi connectivity index (χ4v) is 3.27. The highest BCUT2D eigenvalue weighted by Crippen LogP contribution is 2.26. The third kappa shape index (κ3) is 4.21. The van der Waals surface area contributed by atoms with Crippen LogP contribution >= 0.6 is 23.4 Å². The van der Waals surface area contributed by atoms with E-state index < -0.39 is 0 Å². The number of carbonyl (C=O) groups excluding carboxylic acids is 1. The van der Waals surface area contributed by atoms with Gasteiger partial charge in [0.25, 0.3) is 0 Å². The summed E-state index contributed by atoms with van der Waals surface area (Å²) in [6.07, 6.45) is 6.04. The van der Waals surface area contributed by atoms with E-state index in [0.717, 1.165) is 17.7 Å². The zero-order chi connectivity index (χ0) is 12.8.